The van der Waals surface area contributed by atoms with Gasteiger partial charge in [-0.1, -0.05) is 0 Å². The van der Waals surface area contributed by atoms with E-state index < -0.39 is 17.3 Å². The van der Waals surface area contributed by atoms with E-state index in [1.165, 1.54) is 4.90 Å². The summed E-state index contributed by atoms with van der Waals surface area (Å²) < 4.78 is 9.84. The Hall–Kier alpha value is -1.61. The number of nitrogens with zero attached hydrogens (tertiary/aromatic N) is 2. The molecular weight excluding hydrogens is 212 g/mol. The van der Waals surface area contributed by atoms with E-state index in [1.54, 1.807) is 0 Å². The molecule has 1 atom stereocenters. The largest absolute Gasteiger partial charge is 0.464 e. The normalized spacial score (nSPS) is 29.7. The van der Waals surface area contributed by atoms with Crippen molar-refractivity contribution in [1.29, 1.82) is 5.26 Å². The van der Waals surface area contributed by atoms with Crippen molar-refractivity contribution in [2.45, 2.75) is 6.42 Å². The lowest BCUT2D eigenvalue weighted by molar-refractivity contribution is -0.155. The maximum Gasteiger partial charge on any atom is 0.336 e. The van der Waals surface area contributed by atoms with Crippen LogP contribution < -0.4 is 0 Å². The summed E-state index contributed by atoms with van der Waals surface area (Å²) in [4.78, 5) is 25.1. The van der Waals surface area contributed by atoms with Crippen LogP contribution >= 0.6 is 0 Å². The average Bonchev–Trinajstić information content (AvgIpc) is 2.72. The molecule has 2 aliphatic rings. The molecule has 16 heavy (non-hydrogen) atoms. The van der Waals surface area contributed by atoms with Crippen LogP contribution in [0.1, 0.15) is 6.42 Å². The fraction of sp³-hybridized carbons (Fsp3) is 0.700. The van der Waals surface area contributed by atoms with E-state index in [9.17, 15) is 9.59 Å². The maximum atomic E-state index is 12.1. The Morgan fingerprint density at radius 2 is 2.06 bits per heavy atom. The predicted octanol–water partition coefficient (Wildman–Crippen LogP) is -0.698. The van der Waals surface area contributed by atoms with Crippen LogP contribution in [-0.2, 0) is 19.1 Å². The molecule has 0 aromatic heterocycles. The number of morpholine rings is 1. The molecule has 0 N–H and O–H groups in total. The lowest BCUT2D eigenvalue weighted by Gasteiger charge is -2.30. The van der Waals surface area contributed by atoms with Gasteiger partial charge in [-0.25, -0.2) is 4.79 Å². The van der Waals surface area contributed by atoms with Crippen LogP contribution in [0.2, 0.25) is 0 Å². The Bertz CT molecular complexity index is 356. The predicted molar refractivity (Wildman–Crippen MR) is 51.0 cm³/mol. The van der Waals surface area contributed by atoms with E-state index in [4.69, 9.17) is 14.7 Å². The summed E-state index contributed by atoms with van der Waals surface area (Å²) in [7, 11) is 0. The summed E-state index contributed by atoms with van der Waals surface area (Å²) in [6, 6.07) is 1.82. The van der Waals surface area contributed by atoms with Crippen LogP contribution in [0.25, 0.3) is 0 Å². The van der Waals surface area contributed by atoms with E-state index in [1.807, 2.05) is 6.07 Å². The smallest absolute Gasteiger partial charge is 0.336 e. The van der Waals surface area contributed by atoms with Gasteiger partial charge in [0.25, 0.3) is 5.91 Å². The first kappa shape index (κ1) is 10.9. The van der Waals surface area contributed by atoms with Gasteiger partial charge in [-0.2, -0.15) is 5.26 Å². The van der Waals surface area contributed by atoms with Gasteiger partial charge in [0, 0.05) is 19.5 Å². The van der Waals surface area contributed by atoms with Gasteiger partial charge >= 0.3 is 5.97 Å². The van der Waals surface area contributed by atoms with Gasteiger partial charge < -0.3 is 14.4 Å². The molecule has 6 nitrogen and oxygen atoms in total. The minimum atomic E-state index is -1.61. The second-order valence-electron chi connectivity index (χ2n) is 3.81. The number of rotatable bonds is 1. The number of esters is 1. The molecule has 0 saturated carbocycles. The molecule has 2 fully saturated rings. The summed E-state index contributed by atoms with van der Waals surface area (Å²) in [5, 5.41) is 9.06. The highest BCUT2D eigenvalue weighted by molar-refractivity contribution is 6.06. The van der Waals surface area contributed by atoms with Crippen molar-refractivity contribution in [3.63, 3.8) is 0 Å². The van der Waals surface area contributed by atoms with E-state index in [0.717, 1.165) is 0 Å². The first-order chi connectivity index (χ1) is 7.70. The second kappa shape index (κ2) is 4.10. The van der Waals surface area contributed by atoms with E-state index in [0.29, 0.717) is 26.3 Å². The van der Waals surface area contributed by atoms with Crippen molar-refractivity contribution < 1.29 is 19.1 Å². The van der Waals surface area contributed by atoms with Crippen LogP contribution in [0, 0.1) is 16.7 Å². The van der Waals surface area contributed by atoms with Crippen molar-refractivity contribution in [2.75, 3.05) is 32.9 Å². The molecule has 0 radical (unpaired) electrons. The van der Waals surface area contributed by atoms with Crippen molar-refractivity contribution in [3.8, 4) is 6.07 Å². The average molecular weight is 224 g/mol. The standard InChI is InChI=1S/C10H12N2O4/c11-7-10(1-4-16-9(10)14)8(13)12-2-5-15-6-3-12/h1-6H2. The molecule has 0 bridgehead atoms. The number of nitriles is 1. The molecule has 0 spiro atoms. The van der Waals surface area contributed by atoms with E-state index in [-0.39, 0.29) is 13.0 Å². The monoisotopic (exact) mass is 224 g/mol. The van der Waals surface area contributed by atoms with Gasteiger partial charge in [0.05, 0.1) is 25.9 Å². The number of amides is 1. The van der Waals surface area contributed by atoms with Crippen molar-refractivity contribution >= 4 is 11.9 Å². The van der Waals surface area contributed by atoms with Crippen LogP contribution in [0.5, 0.6) is 0 Å². The van der Waals surface area contributed by atoms with Gasteiger partial charge in [-0.05, 0) is 0 Å². The van der Waals surface area contributed by atoms with Gasteiger partial charge in [0.1, 0.15) is 0 Å². The van der Waals surface area contributed by atoms with Crippen LogP contribution in [0.3, 0.4) is 0 Å². The quantitative estimate of drug-likeness (QED) is 0.434. The van der Waals surface area contributed by atoms with E-state index >= 15 is 0 Å². The maximum absolute atomic E-state index is 12.1. The van der Waals surface area contributed by atoms with Gasteiger partial charge in [0.15, 0.2) is 0 Å². The number of cyclic esters (lactones) is 1. The Balaban J connectivity index is 2.18. The molecule has 6 heteroatoms. The highest BCUT2D eigenvalue weighted by atomic mass is 16.5. The molecule has 2 heterocycles. The highest BCUT2D eigenvalue weighted by Gasteiger charge is 2.53. The van der Waals surface area contributed by atoms with Gasteiger partial charge in [-0.15, -0.1) is 0 Å². The number of hydrogen-bond acceptors (Lipinski definition) is 5. The van der Waals surface area contributed by atoms with E-state index in [2.05, 4.69) is 0 Å². The zero-order chi connectivity index (χ0) is 11.6. The first-order valence-corrected chi connectivity index (χ1v) is 5.16. The van der Waals surface area contributed by atoms with Crippen LogP contribution in [-0.4, -0.2) is 49.7 Å². The molecule has 0 aromatic rings. The van der Waals surface area contributed by atoms with Gasteiger partial charge in [0.2, 0.25) is 5.41 Å². The first-order valence-electron chi connectivity index (χ1n) is 5.16. The van der Waals surface area contributed by atoms with Crippen molar-refractivity contribution in [2.24, 2.45) is 5.41 Å². The summed E-state index contributed by atoms with van der Waals surface area (Å²) >= 11 is 0. The summed E-state index contributed by atoms with van der Waals surface area (Å²) in [6.45, 7) is 1.89. The minimum absolute atomic E-state index is 0.141. The second-order valence-corrected chi connectivity index (χ2v) is 3.81. The zero-order valence-electron chi connectivity index (χ0n) is 8.77. The highest BCUT2D eigenvalue weighted by Crippen LogP contribution is 2.31. The Labute approximate surface area is 92.7 Å². The Morgan fingerprint density at radius 1 is 1.38 bits per heavy atom. The molecule has 0 aliphatic carbocycles. The Kier molecular flexibility index (Phi) is 2.79. The molecule has 1 amide bonds. The summed E-state index contributed by atoms with van der Waals surface area (Å²) in [5.74, 6) is -1.16. The molecule has 0 aromatic carbocycles. The third kappa shape index (κ3) is 1.53. The van der Waals surface area contributed by atoms with Crippen LogP contribution in [0.15, 0.2) is 0 Å². The minimum Gasteiger partial charge on any atom is -0.464 e. The molecule has 86 valence electrons. The molecular formula is C10H12N2O4. The lowest BCUT2D eigenvalue weighted by Crippen LogP contribution is -2.50. The van der Waals surface area contributed by atoms with Crippen molar-refractivity contribution in [3.05, 3.63) is 0 Å². The van der Waals surface area contributed by atoms with Crippen LogP contribution in [0.4, 0.5) is 0 Å². The number of hydrogen-bond donors (Lipinski definition) is 0. The molecule has 2 rings (SSSR count). The number of carbonyl (C=O) groups is 2. The molecule has 2 saturated heterocycles. The number of carbonyl (C=O) groups excluding carboxylic acids is 2. The summed E-state index contributed by atoms with van der Waals surface area (Å²) in [5.41, 5.74) is -1.61. The fourth-order valence-corrected chi connectivity index (χ4v) is 1.90. The SMILES string of the molecule is N#CC1(C(=O)N2CCOCC2)CCOC1=O. The van der Waals surface area contributed by atoms with Crippen molar-refractivity contribution in [1.82, 2.24) is 4.90 Å². The Morgan fingerprint density at radius 3 is 2.56 bits per heavy atom. The molecule has 2 aliphatic heterocycles. The van der Waals surface area contributed by atoms with Gasteiger partial charge in [-0.3, -0.25) is 4.79 Å². The third-order valence-electron chi connectivity index (χ3n) is 2.91. The number of ether oxygens (including phenoxy) is 2. The topological polar surface area (TPSA) is 79.6 Å². The summed E-state index contributed by atoms with van der Waals surface area (Å²) in [6.07, 6.45) is 0.151. The molecule has 1 unspecified atom stereocenters. The fourth-order valence-electron chi connectivity index (χ4n) is 1.90. The lowest BCUT2D eigenvalue weighted by atomic mass is 9.86. The zero-order valence-corrected chi connectivity index (χ0v) is 8.77. The third-order valence-corrected chi connectivity index (χ3v) is 2.91.